The van der Waals surface area contributed by atoms with Crippen LogP contribution in [0.4, 0.5) is 5.69 Å². The molecule has 2 rings (SSSR count). The van der Waals surface area contributed by atoms with Crippen molar-refractivity contribution in [3.8, 4) is 11.1 Å². The van der Waals surface area contributed by atoms with Crippen molar-refractivity contribution in [1.82, 2.24) is 0 Å². The van der Waals surface area contributed by atoms with Crippen molar-refractivity contribution in [3.63, 3.8) is 0 Å². The van der Waals surface area contributed by atoms with Crippen LogP contribution in [-0.2, 0) is 5.41 Å². The Kier molecular flexibility index (Phi) is 3.40. The summed E-state index contributed by atoms with van der Waals surface area (Å²) in [4.78, 5) is 0. The van der Waals surface area contributed by atoms with Crippen LogP contribution in [-0.4, -0.2) is 0 Å². The van der Waals surface area contributed by atoms with E-state index in [9.17, 15) is 0 Å². The molecule has 0 spiro atoms. The van der Waals surface area contributed by atoms with Crippen LogP contribution in [0.2, 0.25) is 0 Å². The molecule has 0 amide bonds. The topological polar surface area (TPSA) is 26.0 Å². The van der Waals surface area contributed by atoms with Crippen LogP contribution in [0.3, 0.4) is 0 Å². The third kappa shape index (κ3) is 2.81. The average Bonchev–Trinajstić information content (AvgIpc) is 2.34. The van der Waals surface area contributed by atoms with Crippen molar-refractivity contribution in [1.29, 1.82) is 0 Å². The maximum absolute atomic E-state index is 6.01. The lowest BCUT2D eigenvalue weighted by molar-refractivity contribution is 0.590. The molecule has 1 nitrogen and oxygen atoms in total. The van der Waals surface area contributed by atoms with Gasteiger partial charge in [0.15, 0.2) is 0 Å². The summed E-state index contributed by atoms with van der Waals surface area (Å²) in [5.41, 5.74) is 13.3. The molecule has 0 aromatic heterocycles. The van der Waals surface area contributed by atoms with E-state index in [4.69, 9.17) is 5.73 Å². The molecule has 0 atom stereocenters. The Labute approximate surface area is 116 Å². The van der Waals surface area contributed by atoms with E-state index >= 15 is 0 Å². The summed E-state index contributed by atoms with van der Waals surface area (Å²) in [5.74, 6) is 0. The molecule has 0 fully saturated rings. The second-order valence-corrected chi connectivity index (χ2v) is 6.35. The standard InChI is InChI=1S/C18H23N/c1-12-10-15(11-13(2)17(12)19)14-6-8-16(9-7-14)18(3,4)5/h6-11H,19H2,1-5H3. The van der Waals surface area contributed by atoms with Gasteiger partial charge in [0.25, 0.3) is 0 Å². The summed E-state index contributed by atoms with van der Waals surface area (Å²) in [6.45, 7) is 10.8. The van der Waals surface area contributed by atoms with Crippen molar-refractivity contribution in [2.24, 2.45) is 0 Å². The fourth-order valence-electron chi connectivity index (χ4n) is 2.30. The van der Waals surface area contributed by atoms with E-state index in [1.807, 2.05) is 0 Å². The molecule has 100 valence electrons. The molecule has 0 heterocycles. The lowest BCUT2D eigenvalue weighted by Crippen LogP contribution is -2.10. The molecule has 0 aliphatic rings. The number of aryl methyl sites for hydroxylation is 2. The Morgan fingerprint density at radius 1 is 0.789 bits per heavy atom. The number of nitrogens with two attached hydrogens (primary N) is 1. The largest absolute Gasteiger partial charge is 0.398 e. The fourth-order valence-corrected chi connectivity index (χ4v) is 2.30. The van der Waals surface area contributed by atoms with Gasteiger partial charge in [-0.1, -0.05) is 45.0 Å². The first-order valence-electron chi connectivity index (χ1n) is 6.76. The average molecular weight is 253 g/mol. The highest BCUT2D eigenvalue weighted by Gasteiger charge is 2.13. The van der Waals surface area contributed by atoms with Crippen molar-refractivity contribution in [2.45, 2.75) is 40.0 Å². The lowest BCUT2D eigenvalue weighted by Gasteiger charge is -2.19. The van der Waals surface area contributed by atoms with Gasteiger partial charge in [-0.05, 0) is 59.2 Å². The number of hydrogen-bond acceptors (Lipinski definition) is 1. The Balaban J connectivity index is 2.43. The molecule has 0 aliphatic heterocycles. The Morgan fingerprint density at radius 2 is 1.26 bits per heavy atom. The Morgan fingerprint density at radius 3 is 1.68 bits per heavy atom. The smallest absolute Gasteiger partial charge is 0.0373 e. The molecule has 0 unspecified atom stereocenters. The molecule has 0 saturated heterocycles. The van der Waals surface area contributed by atoms with E-state index in [0.717, 1.165) is 16.8 Å². The Hall–Kier alpha value is -1.76. The molecular weight excluding hydrogens is 230 g/mol. The quantitative estimate of drug-likeness (QED) is 0.722. The molecule has 19 heavy (non-hydrogen) atoms. The number of hydrogen-bond donors (Lipinski definition) is 1. The second-order valence-electron chi connectivity index (χ2n) is 6.35. The first-order chi connectivity index (χ1) is 8.79. The highest BCUT2D eigenvalue weighted by Crippen LogP contribution is 2.29. The van der Waals surface area contributed by atoms with Crippen LogP contribution in [0.15, 0.2) is 36.4 Å². The minimum absolute atomic E-state index is 0.200. The molecule has 0 bridgehead atoms. The molecule has 2 aromatic carbocycles. The van der Waals surface area contributed by atoms with Gasteiger partial charge < -0.3 is 5.73 Å². The monoisotopic (exact) mass is 253 g/mol. The maximum Gasteiger partial charge on any atom is 0.0373 e. The molecule has 1 heteroatoms. The molecular formula is C18H23N. The molecule has 2 N–H and O–H groups in total. The first-order valence-corrected chi connectivity index (χ1v) is 6.76. The van der Waals surface area contributed by atoms with Crippen molar-refractivity contribution >= 4 is 5.69 Å². The third-order valence-corrected chi connectivity index (χ3v) is 3.68. The summed E-state index contributed by atoms with van der Waals surface area (Å²) >= 11 is 0. The van der Waals surface area contributed by atoms with E-state index < -0.39 is 0 Å². The van der Waals surface area contributed by atoms with Crippen LogP contribution in [0.5, 0.6) is 0 Å². The van der Waals surface area contributed by atoms with Gasteiger partial charge in [-0.25, -0.2) is 0 Å². The van der Waals surface area contributed by atoms with E-state index in [2.05, 4.69) is 71.0 Å². The predicted molar refractivity (Wildman–Crippen MR) is 84.5 cm³/mol. The number of benzene rings is 2. The first kappa shape index (κ1) is 13.7. The molecule has 2 aromatic rings. The molecule has 0 radical (unpaired) electrons. The minimum Gasteiger partial charge on any atom is -0.398 e. The van der Waals surface area contributed by atoms with Gasteiger partial charge in [0.1, 0.15) is 0 Å². The summed E-state index contributed by atoms with van der Waals surface area (Å²) in [7, 11) is 0. The highest BCUT2D eigenvalue weighted by atomic mass is 14.6. The molecule has 0 saturated carbocycles. The van der Waals surface area contributed by atoms with Crippen LogP contribution in [0, 0.1) is 13.8 Å². The lowest BCUT2D eigenvalue weighted by atomic mass is 9.86. The summed E-state index contributed by atoms with van der Waals surface area (Å²) in [6.07, 6.45) is 0. The van der Waals surface area contributed by atoms with Crippen molar-refractivity contribution in [2.75, 3.05) is 5.73 Å². The van der Waals surface area contributed by atoms with Crippen LogP contribution in [0.25, 0.3) is 11.1 Å². The molecule has 0 aliphatic carbocycles. The number of anilines is 1. The SMILES string of the molecule is Cc1cc(-c2ccc(C(C)(C)C)cc2)cc(C)c1N. The van der Waals surface area contributed by atoms with E-state index in [0.29, 0.717) is 0 Å². The zero-order valence-electron chi connectivity index (χ0n) is 12.5. The van der Waals surface area contributed by atoms with Gasteiger partial charge in [0.2, 0.25) is 0 Å². The second kappa shape index (κ2) is 4.73. The fraction of sp³-hybridized carbons (Fsp3) is 0.333. The Bertz CT molecular complexity index is 563. The van der Waals surface area contributed by atoms with E-state index in [1.165, 1.54) is 16.7 Å². The van der Waals surface area contributed by atoms with Gasteiger partial charge in [-0.2, -0.15) is 0 Å². The third-order valence-electron chi connectivity index (χ3n) is 3.68. The van der Waals surface area contributed by atoms with Gasteiger partial charge in [0, 0.05) is 5.69 Å². The van der Waals surface area contributed by atoms with Crippen molar-refractivity contribution < 1.29 is 0 Å². The van der Waals surface area contributed by atoms with Gasteiger partial charge >= 0.3 is 0 Å². The van der Waals surface area contributed by atoms with E-state index in [-0.39, 0.29) is 5.41 Å². The summed E-state index contributed by atoms with van der Waals surface area (Å²) in [5, 5.41) is 0. The van der Waals surface area contributed by atoms with Gasteiger partial charge in [0.05, 0.1) is 0 Å². The number of rotatable bonds is 1. The summed E-state index contributed by atoms with van der Waals surface area (Å²) in [6, 6.07) is 13.2. The zero-order valence-corrected chi connectivity index (χ0v) is 12.5. The number of nitrogen functional groups attached to an aromatic ring is 1. The van der Waals surface area contributed by atoms with Crippen LogP contribution < -0.4 is 5.73 Å². The zero-order chi connectivity index (χ0) is 14.2. The van der Waals surface area contributed by atoms with Crippen LogP contribution in [0.1, 0.15) is 37.5 Å². The van der Waals surface area contributed by atoms with E-state index in [1.54, 1.807) is 0 Å². The van der Waals surface area contributed by atoms with Crippen LogP contribution >= 0.6 is 0 Å². The normalized spacial score (nSPS) is 11.6. The predicted octanol–water partition coefficient (Wildman–Crippen LogP) is 4.85. The van der Waals surface area contributed by atoms with Gasteiger partial charge in [-0.3, -0.25) is 0 Å². The van der Waals surface area contributed by atoms with Crippen molar-refractivity contribution in [3.05, 3.63) is 53.1 Å². The van der Waals surface area contributed by atoms with Gasteiger partial charge in [-0.15, -0.1) is 0 Å². The summed E-state index contributed by atoms with van der Waals surface area (Å²) < 4.78 is 0. The minimum atomic E-state index is 0.200. The maximum atomic E-state index is 6.01. The highest BCUT2D eigenvalue weighted by molar-refractivity contribution is 5.70.